The molecule has 1 rings (SSSR count). The number of nitrogens with one attached hydrogen (secondary N) is 1. The number of hydrogen-bond donors (Lipinski definition) is 1. The molecule has 1 heterocycles. The van der Waals surface area contributed by atoms with Crippen molar-refractivity contribution < 1.29 is 4.48 Å². The van der Waals surface area contributed by atoms with Crippen LogP contribution in [-0.2, 0) is 0 Å². The van der Waals surface area contributed by atoms with Gasteiger partial charge in [-0.15, -0.1) is 11.6 Å². The average molecular weight is 178 g/mol. The van der Waals surface area contributed by atoms with Crippen LogP contribution in [0.3, 0.4) is 0 Å². The summed E-state index contributed by atoms with van der Waals surface area (Å²) in [5.74, 6) is 0.779. The number of nitrogens with zero attached hydrogens (tertiary/aromatic N) is 1. The molecule has 0 bridgehead atoms. The van der Waals surface area contributed by atoms with Crippen molar-refractivity contribution in [2.75, 3.05) is 39.1 Å². The summed E-state index contributed by atoms with van der Waals surface area (Å²) < 4.78 is 1.14. The van der Waals surface area contributed by atoms with Gasteiger partial charge in [0.2, 0.25) is 0 Å². The third-order valence-electron chi connectivity index (χ3n) is 2.90. The number of likely N-dealkylation sites (N-methyl/N-ethyl adjacent to an activating group) is 1. The molecule has 1 saturated heterocycles. The molecule has 0 radical (unpaired) electrons. The lowest BCUT2D eigenvalue weighted by molar-refractivity contribution is -0.931. The maximum atomic E-state index is 5.75. The molecule has 0 aromatic heterocycles. The number of halogens is 1. The largest absolute Gasteiger partial charge is 0.321 e. The fourth-order valence-corrected chi connectivity index (χ4v) is 2.00. The first-order chi connectivity index (χ1) is 5.19. The van der Waals surface area contributed by atoms with Gasteiger partial charge >= 0.3 is 0 Å². The van der Waals surface area contributed by atoms with Crippen molar-refractivity contribution in [3.05, 3.63) is 0 Å². The smallest absolute Gasteiger partial charge is 0.0986 e. The fourth-order valence-electron chi connectivity index (χ4n) is 1.61. The second kappa shape index (κ2) is 3.74. The Bertz CT molecular complexity index is 125. The van der Waals surface area contributed by atoms with Crippen molar-refractivity contribution in [1.82, 2.24) is 5.32 Å². The average Bonchev–Trinajstić information content (AvgIpc) is 1.96. The lowest BCUT2D eigenvalue weighted by atomic mass is 10.1. The van der Waals surface area contributed by atoms with E-state index in [9.17, 15) is 0 Å². The van der Waals surface area contributed by atoms with E-state index in [2.05, 4.69) is 19.3 Å². The van der Waals surface area contributed by atoms with Crippen LogP contribution in [0, 0.1) is 0 Å². The van der Waals surface area contributed by atoms with Gasteiger partial charge in [-0.25, -0.2) is 0 Å². The number of hydrogen-bond acceptors (Lipinski definition) is 1. The van der Waals surface area contributed by atoms with Gasteiger partial charge in [0, 0.05) is 13.1 Å². The highest BCUT2D eigenvalue weighted by Crippen LogP contribution is 2.12. The van der Waals surface area contributed by atoms with E-state index in [0.717, 1.165) is 30.0 Å². The highest BCUT2D eigenvalue weighted by atomic mass is 35.5. The molecule has 11 heavy (non-hydrogen) atoms. The van der Waals surface area contributed by atoms with Crippen LogP contribution < -0.4 is 5.32 Å². The lowest BCUT2D eigenvalue weighted by Crippen LogP contribution is -2.62. The second-order valence-corrected chi connectivity index (χ2v) is 4.05. The molecule has 0 aromatic carbocycles. The normalized spacial score (nSPS) is 39.0. The molecule has 1 N–H and O–H groups in total. The summed E-state index contributed by atoms with van der Waals surface area (Å²) in [4.78, 5) is 0. The maximum absolute atomic E-state index is 5.75. The van der Waals surface area contributed by atoms with Crippen LogP contribution in [-0.4, -0.2) is 49.6 Å². The summed E-state index contributed by atoms with van der Waals surface area (Å²) in [5.41, 5.74) is 0. The Labute approximate surface area is 74.1 Å². The number of rotatable bonds is 2. The zero-order valence-electron chi connectivity index (χ0n) is 7.44. The van der Waals surface area contributed by atoms with Gasteiger partial charge in [0.05, 0.1) is 32.1 Å². The molecular formula is C8H18ClN2+. The first-order valence-corrected chi connectivity index (χ1v) is 4.83. The van der Waals surface area contributed by atoms with E-state index in [1.807, 2.05) is 0 Å². The van der Waals surface area contributed by atoms with Gasteiger partial charge in [0.25, 0.3) is 0 Å². The van der Waals surface area contributed by atoms with Crippen molar-refractivity contribution in [3.63, 3.8) is 0 Å². The van der Waals surface area contributed by atoms with Crippen molar-refractivity contribution in [1.29, 1.82) is 0 Å². The molecule has 0 amide bonds. The van der Waals surface area contributed by atoms with Gasteiger partial charge in [-0.2, -0.15) is 0 Å². The van der Waals surface area contributed by atoms with Gasteiger partial charge in [-0.05, 0) is 6.92 Å². The van der Waals surface area contributed by atoms with E-state index in [0.29, 0.717) is 6.04 Å². The topological polar surface area (TPSA) is 12.0 Å². The van der Waals surface area contributed by atoms with Crippen molar-refractivity contribution in [3.8, 4) is 0 Å². The standard InChI is InChI=1S/C8H18ClN2/c1-8-7-10-4-6-11(8,2)5-3-9/h8,10H,3-7H2,1-2H3/q+1. The Hall–Kier alpha value is 0.210. The van der Waals surface area contributed by atoms with E-state index in [4.69, 9.17) is 11.6 Å². The van der Waals surface area contributed by atoms with Crippen molar-refractivity contribution in [2.45, 2.75) is 13.0 Å². The molecule has 2 atom stereocenters. The zero-order valence-corrected chi connectivity index (χ0v) is 8.19. The molecule has 1 aliphatic rings. The van der Waals surface area contributed by atoms with Gasteiger partial charge in [-0.1, -0.05) is 0 Å². The molecular weight excluding hydrogens is 160 g/mol. The summed E-state index contributed by atoms with van der Waals surface area (Å²) in [6, 6.07) is 0.711. The Balaban J connectivity index is 2.49. The number of piperazine rings is 1. The summed E-state index contributed by atoms with van der Waals surface area (Å²) >= 11 is 5.75. The van der Waals surface area contributed by atoms with Gasteiger partial charge < -0.3 is 9.80 Å². The zero-order chi connectivity index (χ0) is 8.32. The van der Waals surface area contributed by atoms with Crippen molar-refractivity contribution >= 4 is 11.6 Å². The van der Waals surface area contributed by atoms with Crippen LogP contribution in [0.25, 0.3) is 0 Å². The quantitative estimate of drug-likeness (QED) is 0.483. The van der Waals surface area contributed by atoms with E-state index in [-0.39, 0.29) is 0 Å². The highest BCUT2D eigenvalue weighted by molar-refractivity contribution is 6.17. The SMILES string of the molecule is CC1CNCC[N+]1(C)CCCl. The molecule has 0 saturated carbocycles. The Kier molecular flexibility index (Phi) is 3.16. The monoisotopic (exact) mass is 177 g/mol. The van der Waals surface area contributed by atoms with Crippen LogP contribution in [0.15, 0.2) is 0 Å². The molecule has 1 fully saturated rings. The molecule has 2 nitrogen and oxygen atoms in total. The predicted octanol–water partition coefficient (Wildman–Crippen LogP) is 0.663. The number of alkyl halides is 1. The van der Waals surface area contributed by atoms with Gasteiger partial charge in [0.15, 0.2) is 0 Å². The molecule has 3 heteroatoms. The second-order valence-electron chi connectivity index (χ2n) is 3.67. The fraction of sp³-hybridized carbons (Fsp3) is 1.00. The summed E-state index contributed by atoms with van der Waals surface area (Å²) in [7, 11) is 2.30. The van der Waals surface area contributed by atoms with Crippen LogP contribution in [0.1, 0.15) is 6.92 Å². The van der Waals surface area contributed by atoms with Gasteiger partial charge in [-0.3, -0.25) is 0 Å². The predicted molar refractivity (Wildman–Crippen MR) is 49.0 cm³/mol. The molecule has 0 aliphatic carbocycles. The summed E-state index contributed by atoms with van der Waals surface area (Å²) in [6.07, 6.45) is 0. The van der Waals surface area contributed by atoms with Crippen LogP contribution in [0.5, 0.6) is 0 Å². The van der Waals surface area contributed by atoms with E-state index in [1.165, 1.54) is 6.54 Å². The van der Waals surface area contributed by atoms with E-state index >= 15 is 0 Å². The molecule has 66 valence electrons. The third-order valence-corrected chi connectivity index (χ3v) is 3.07. The van der Waals surface area contributed by atoms with Gasteiger partial charge in [0.1, 0.15) is 0 Å². The minimum absolute atomic E-state index is 0.711. The first kappa shape index (κ1) is 9.30. The molecule has 2 unspecified atom stereocenters. The van der Waals surface area contributed by atoms with Crippen LogP contribution >= 0.6 is 11.6 Å². The van der Waals surface area contributed by atoms with Crippen LogP contribution in [0.2, 0.25) is 0 Å². The Morgan fingerprint density at radius 2 is 2.36 bits per heavy atom. The third kappa shape index (κ3) is 2.08. The van der Waals surface area contributed by atoms with E-state index < -0.39 is 0 Å². The first-order valence-electron chi connectivity index (χ1n) is 4.30. The highest BCUT2D eigenvalue weighted by Gasteiger charge is 2.30. The Morgan fingerprint density at radius 1 is 1.64 bits per heavy atom. The Morgan fingerprint density at radius 3 is 2.91 bits per heavy atom. The minimum Gasteiger partial charge on any atom is -0.321 e. The summed E-state index contributed by atoms with van der Waals surface area (Å²) in [5, 5.41) is 3.39. The maximum Gasteiger partial charge on any atom is 0.0986 e. The minimum atomic E-state index is 0.711. The summed E-state index contributed by atoms with van der Waals surface area (Å²) in [6.45, 7) is 6.88. The lowest BCUT2D eigenvalue weighted by Gasteiger charge is -2.43. The molecule has 1 aliphatic heterocycles. The van der Waals surface area contributed by atoms with E-state index in [1.54, 1.807) is 0 Å². The van der Waals surface area contributed by atoms with Crippen molar-refractivity contribution in [2.24, 2.45) is 0 Å². The number of quaternary nitrogens is 1. The molecule has 0 spiro atoms. The van der Waals surface area contributed by atoms with Crippen LogP contribution in [0.4, 0.5) is 0 Å². The molecule has 0 aromatic rings.